The molecular weight excluding hydrogens is 356 g/mol. The molecule has 5 heteroatoms. The Labute approximate surface area is 166 Å². The van der Waals surface area contributed by atoms with Crippen molar-refractivity contribution >= 4 is 17.5 Å². The van der Waals surface area contributed by atoms with Crippen molar-refractivity contribution in [1.82, 2.24) is 5.32 Å². The van der Waals surface area contributed by atoms with Gasteiger partial charge >= 0.3 is 0 Å². The molecule has 0 amide bonds. The largest absolute Gasteiger partial charge is 0.494 e. The first-order valence-electron chi connectivity index (χ1n) is 9.12. The molecule has 0 unspecified atom stereocenters. The number of rotatable bonds is 9. The van der Waals surface area contributed by atoms with Crippen LogP contribution in [0.4, 0.5) is 0 Å². The summed E-state index contributed by atoms with van der Waals surface area (Å²) in [5.41, 5.74) is 2.91. The van der Waals surface area contributed by atoms with Gasteiger partial charge in [0.1, 0.15) is 5.75 Å². The van der Waals surface area contributed by atoms with E-state index in [9.17, 15) is 10.1 Å². The number of nitrogens with one attached hydrogen (secondary N) is 1. The molecule has 0 saturated carbocycles. The lowest BCUT2D eigenvalue weighted by Crippen LogP contribution is -2.27. The molecule has 0 aliphatic carbocycles. The summed E-state index contributed by atoms with van der Waals surface area (Å²) in [5, 5.41) is 13.9. The van der Waals surface area contributed by atoms with E-state index in [4.69, 9.17) is 4.74 Å². The zero-order chi connectivity index (χ0) is 19.8. The van der Waals surface area contributed by atoms with Crippen LogP contribution in [0.5, 0.6) is 5.75 Å². The van der Waals surface area contributed by atoms with Gasteiger partial charge in [-0.1, -0.05) is 31.6 Å². The zero-order valence-corrected chi connectivity index (χ0v) is 17.0. The molecule has 1 aromatic rings. The molecule has 0 fully saturated rings. The van der Waals surface area contributed by atoms with E-state index in [1.807, 2.05) is 31.2 Å². The lowest BCUT2D eigenvalue weighted by molar-refractivity contribution is -0.113. The van der Waals surface area contributed by atoms with Gasteiger partial charge in [0.05, 0.1) is 29.2 Å². The first-order valence-corrected chi connectivity index (χ1v) is 10.1. The fourth-order valence-electron chi connectivity index (χ4n) is 3.06. The van der Waals surface area contributed by atoms with Crippen LogP contribution >= 0.6 is 11.8 Å². The smallest absolute Gasteiger partial charge is 0.158 e. The van der Waals surface area contributed by atoms with Crippen LogP contribution < -0.4 is 10.1 Å². The lowest BCUT2D eigenvalue weighted by atomic mass is 9.81. The van der Waals surface area contributed by atoms with E-state index in [-0.39, 0.29) is 11.7 Å². The molecule has 0 aromatic heterocycles. The van der Waals surface area contributed by atoms with Crippen molar-refractivity contribution in [1.29, 1.82) is 5.26 Å². The van der Waals surface area contributed by atoms with Crippen molar-refractivity contribution < 1.29 is 9.53 Å². The summed E-state index contributed by atoms with van der Waals surface area (Å²) >= 11 is 1.52. The molecule has 1 heterocycles. The maximum atomic E-state index is 12.3. The van der Waals surface area contributed by atoms with Crippen LogP contribution in [0.3, 0.4) is 0 Å². The van der Waals surface area contributed by atoms with Crippen molar-refractivity contribution in [2.45, 2.75) is 39.5 Å². The predicted molar refractivity (Wildman–Crippen MR) is 111 cm³/mol. The number of nitriles is 1. The molecule has 1 aliphatic rings. The summed E-state index contributed by atoms with van der Waals surface area (Å²) < 4.78 is 5.73. The van der Waals surface area contributed by atoms with E-state index >= 15 is 0 Å². The highest BCUT2D eigenvalue weighted by Gasteiger charge is 2.32. The Kier molecular flexibility index (Phi) is 7.75. The summed E-state index contributed by atoms with van der Waals surface area (Å²) in [6.07, 6.45) is 3.89. The van der Waals surface area contributed by atoms with E-state index in [0.717, 1.165) is 34.9 Å². The number of nitrogens with zero attached hydrogens (tertiary/aromatic N) is 1. The number of ether oxygens (including phenoxy) is 1. The fraction of sp³-hybridized carbons (Fsp3) is 0.364. The molecule has 0 radical (unpaired) electrons. The van der Waals surface area contributed by atoms with Crippen LogP contribution in [-0.4, -0.2) is 18.1 Å². The molecular formula is C22H26N2O2S. The van der Waals surface area contributed by atoms with E-state index in [1.54, 1.807) is 13.0 Å². The average Bonchev–Trinajstić information content (AvgIpc) is 2.66. The molecule has 1 atom stereocenters. The van der Waals surface area contributed by atoms with E-state index in [2.05, 4.69) is 24.9 Å². The molecule has 1 N–H and O–H groups in total. The minimum atomic E-state index is -0.370. The van der Waals surface area contributed by atoms with Gasteiger partial charge in [-0.25, -0.2) is 0 Å². The monoisotopic (exact) mass is 382 g/mol. The highest BCUT2D eigenvalue weighted by Crippen LogP contribution is 2.41. The number of unbranched alkanes of at least 4 members (excludes halogenated alkanes) is 1. The summed E-state index contributed by atoms with van der Waals surface area (Å²) in [6.45, 7) is 9.98. The molecule has 2 rings (SSSR count). The Hall–Kier alpha value is -2.45. The maximum Gasteiger partial charge on any atom is 0.158 e. The number of allylic oxidation sites excluding steroid dienone is 3. The Morgan fingerprint density at radius 2 is 2.11 bits per heavy atom. The van der Waals surface area contributed by atoms with Crippen molar-refractivity contribution in [2.24, 2.45) is 0 Å². The minimum Gasteiger partial charge on any atom is -0.494 e. The number of hydrogen-bond donors (Lipinski definition) is 1. The molecule has 27 heavy (non-hydrogen) atoms. The third kappa shape index (κ3) is 5.05. The average molecular weight is 383 g/mol. The Morgan fingerprint density at radius 1 is 1.41 bits per heavy atom. The second-order valence-electron chi connectivity index (χ2n) is 6.38. The number of Topliss-reactive ketones (excluding diaryl/α,β-unsaturated/α-hetero) is 1. The Morgan fingerprint density at radius 3 is 2.67 bits per heavy atom. The lowest BCUT2D eigenvalue weighted by Gasteiger charge is -2.29. The molecule has 4 nitrogen and oxygen atoms in total. The van der Waals surface area contributed by atoms with Crippen LogP contribution in [0.25, 0.3) is 0 Å². The van der Waals surface area contributed by atoms with E-state index in [1.165, 1.54) is 11.8 Å². The summed E-state index contributed by atoms with van der Waals surface area (Å²) in [5.74, 6) is 1.09. The summed E-state index contributed by atoms with van der Waals surface area (Å²) in [4.78, 5) is 12.3. The van der Waals surface area contributed by atoms with Crippen LogP contribution in [0.2, 0.25) is 0 Å². The van der Waals surface area contributed by atoms with Crippen LogP contribution in [-0.2, 0) is 4.79 Å². The quantitative estimate of drug-likeness (QED) is 0.477. The molecule has 1 aromatic carbocycles. The topological polar surface area (TPSA) is 62.1 Å². The number of benzene rings is 1. The highest BCUT2D eigenvalue weighted by molar-refractivity contribution is 8.03. The van der Waals surface area contributed by atoms with Gasteiger partial charge in [0.15, 0.2) is 5.78 Å². The molecule has 0 spiro atoms. The van der Waals surface area contributed by atoms with Gasteiger partial charge in [-0.15, -0.1) is 18.3 Å². The third-order valence-electron chi connectivity index (χ3n) is 4.35. The van der Waals surface area contributed by atoms with Gasteiger partial charge in [0.2, 0.25) is 0 Å². The predicted octanol–water partition coefficient (Wildman–Crippen LogP) is 5.07. The number of carbonyl (C=O) groups excluding carboxylic acids is 1. The van der Waals surface area contributed by atoms with Crippen molar-refractivity contribution in [2.75, 3.05) is 12.4 Å². The van der Waals surface area contributed by atoms with Crippen molar-refractivity contribution in [3.8, 4) is 11.8 Å². The molecule has 0 saturated heterocycles. The molecule has 0 bridgehead atoms. The Balaban J connectivity index is 2.42. The summed E-state index contributed by atoms with van der Waals surface area (Å²) in [6, 6.07) is 10.0. The summed E-state index contributed by atoms with van der Waals surface area (Å²) in [7, 11) is 0. The molecule has 1 aliphatic heterocycles. The van der Waals surface area contributed by atoms with Gasteiger partial charge in [-0.3, -0.25) is 4.79 Å². The Bertz CT molecular complexity index is 801. The number of carbonyl (C=O) groups is 1. The highest BCUT2D eigenvalue weighted by atomic mass is 32.2. The number of ketones is 1. The maximum absolute atomic E-state index is 12.3. The van der Waals surface area contributed by atoms with E-state index in [0.29, 0.717) is 23.5 Å². The number of hydrogen-bond acceptors (Lipinski definition) is 5. The second-order valence-corrected chi connectivity index (χ2v) is 7.41. The van der Waals surface area contributed by atoms with Gasteiger partial charge in [-0.2, -0.15) is 5.26 Å². The van der Waals surface area contributed by atoms with Crippen LogP contribution in [0.15, 0.2) is 58.8 Å². The van der Waals surface area contributed by atoms with Crippen molar-refractivity contribution in [3.63, 3.8) is 0 Å². The normalized spacial score (nSPS) is 16.6. The SMILES string of the molecule is C=CCSC1=C(C#N)[C@H](c2ccc(OCCCC)cc2)C(C(C)=O)=C(C)N1. The van der Waals surface area contributed by atoms with Gasteiger partial charge in [-0.05, 0) is 38.0 Å². The van der Waals surface area contributed by atoms with Gasteiger partial charge in [0, 0.05) is 17.0 Å². The second kappa shape index (κ2) is 10.0. The minimum absolute atomic E-state index is 0.0335. The van der Waals surface area contributed by atoms with Crippen molar-refractivity contribution in [3.05, 3.63) is 64.4 Å². The first kappa shape index (κ1) is 20.9. The van der Waals surface area contributed by atoms with Crippen LogP contribution in [0, 0.1) is 11.3 Å². The van der Waals surface area contributed by atoms with Gasteiger partial charge in [0.25, 0.3) is 0 Å². The molecule has 142 valence electrons. The zero-order valence-electron chi connectivity index (χ0n) is 16.2. The van der Waals surface area contributed by atoms with E-state index < -0.39 is 0 Å². The number of thioether (sulfide) groups is 1. The third-order valence-corrected chi connectivity index (χ3v) is 5.37. The number of dihydropyridines is 1. The first-order chi connectivity index (χ1) is 13.0. The standard InChI is InChI=1S/C22H26N2O2S/c1-5-7-12-26-18-10-8-17(9-11-18)21-19(14-23)22(27-13-6-2)24-15(3)20(21)16(4)25/h6,8-11,21,24H,2,5,7,12-13H2,1,3-4H3/t21-/m0/s1. The van der Waals surface area contributed by atoms with Gasteiger partial charge < -0.3 is 10.1 Å². The van der Waals surface area contributed by atoms with Crippen LogP contribution in [0.1, 0.15) is 45.1 Å². The fourth-order valence-corrected chi connectivity index (χ4v) is 3.89.